The summed E-state index contributed by atoms with van der Waals surface area (Å²) in [6.45, 7) is 0.958. The van der Waals surface area contributed by atoms with Crippen molar-refractivity contribution in [3.8, 4) is 0 Å². The summed E-state index contributed by atoms with van der Waals surface area (Å²) in [7, 11) is 0. The first-order chi connectivity index (χ1) is 15.6. The Bertz CT molecular complexity index is 1380. The molecule has 0 spiro atoms. The van der Waals surface area contributed by atoms with Crippen molar-refractivity contribution in [1.29, 1.82) is 0 Å². The van der Waals surface area contributed by atoms with Crippen LogP contribution >= 0.6 is 11.6 Å². The molecule has 2 aliphatic heterocycles. The van der Waals surface area contributed by atoms with E-state index in [1.165, 1.54) is 0 Å². The normalized spacial score (nSPS) is 19.5. The number of hydrogen-bond donors (Lipinski definition) is 1. The Kier molecular flexibility index (Phi) is 4.17. The first-order valence-corrected chi connectivity index (χ1v) is 11.0. The molecule has 1 atom stereocenters. The van der Waals surface area contributed by atoms with Crippen LogP contribution in [0.3, 0.4) is 0 Å². The minimum absolute atomic E-state index is 0.0169. The number of nitrogens with one attached hydrogen (secondary N) is 1. The van der Waals surface area contributed by atoms with Gasteiger partial charge in [0.15, 0.2) is 5.66 Å². The van der Waals surface area contributed by atoms with Crippen LogP contribution in [0.4, 0.5) is 0 Å². The molecule has 0 bridgehead atoms. The zero-order chi connectivity index (χ0) is 21.9. The maximum atomic E-state index is 13.8. The molecule has 6 rings (SSSR count). The summed E-state index contributed by atoms with van der Waals surface area (Å²) in [5.74, 6) is -0.0605. The lowest BCUT2D eigenvalue weighted by molar-refractivity contribution is -0.135. The van der Waals surface area contributed by atoms with Gasteiger partial charge < -0.3 is 14.8 Å². The summed E-state index contributed by atoms with van der Waals surface area (Å²) < 4.78 is 0. The predicted octanol–water partition coefficient (Wildman–Crippen LogP) is 4.56. The molecular formula is C26H20ClN3O2. The van der Waals surface area contributed by atoms with E-state index in [1.54, 1.807) is 0 Å². The molecular weight excluding hydrogens is 422 g/mol. The van der Waals surface area contributed by atoms with E-state index < -0.39 is 5.66 Å². The number of benzene rings is 3. The van der Waals surface area contributed by atoms with Crippen LogP contribution < -0.4 is 0 Å². The van der Waals surface area contributed by atoms with Crippen LogP contribution in [0.2, 0.25) is 5.02 Å². The molecule has 0 saturated carbocycles. The summed E-state index contributed by atoms with van der Waals surface area (Å²) in [5, 5.41) is 1.66. The van der Waals surface area contributed by atoms with Gasteiger partial charge in [-0.2, -0.15) is 0 Å². The van der Waals surface area contributed by atoms with Crippen molar-refractivity contribution in [2.75, 3.05) is 13.1 Å². The van der Waals surface area contributed by atoms with E-state index >= 15 is 0 Å². The highest BCUT2D eigenvalue weighted by molar-refractivity contribution is 6.30. The van der Waals surface area contributed by atoms with Gasteiger partial charge in [-0.1, -0.05) is 60.1 Å². The molecule has 6 heteroatoms. The summed E-state index contributed by atoms with van der Waals surface area (Å²) in [4.78, 5) is 34.1. The van der Waals surface area contributed by atoms with E-state index in [0.29, 0.717) is 23.7 Å². The second kappa shape index (κ2) is 6.97. The third-order valence-electron chi connectivity index (χ3n) is 6.67. The van der Waals surface area contributed by atoms with Crippen molar-refractivity contribution in [3.05, 3.63) is 106 Å². The highest BCUT2D eigenvalue weighted by Gasteiger charge is 2.59. The fourth-order valence-electron chi connectivity index (χ4n) is 5.32. The maximum Gasteiger partial charge on any atom is 0.256 e. The third kappa shape index (κ3) is 2.52. The van der Waals surface area contributed by atoms with Crippen molar-refractivity contribution in [3.63, 3.8) is 0 Å². The quantitative estimate of drug-likeness (QED) is 0.506. The number of carbonyl (C=O) groups is 2. The van der Waals surface area contributed by atoms with Crippen molar-refractivity contribution >= 4 is 34.3 Å². The lowest BCUT2D eigenvalue weighted by Gasteiger charge is -2.40. The van der Waals surface area contributed by atoms with E-state index in [-0.39, 0.29) is 18.2 Å². The Hall–Kier alpha value is -3.57. The molecule has 0 aliphatic carbocycles. The summed E-state index contributed by atoms with van der Waals surface area (Å²) in [5.41, 5.74) is 3.36. The molecule has 3 aromatic carbocycles. The number of para-hydroxylation sites is 1. The first-order valence-electron chi connectivity index (χ1n) is 10.6. The standard InChI is InChI=1S/C26H20ClN3O2/c27-19-11-9-18(10-12-19)26-22-7-3-1-6-21(22)25(32)30(26)14-13-29(26)24(31)15-17-16-28-23-8-4-2-5-20(17)23/h1-12,16,28H,13-15H2. The summed E-state index contributed by atoms with van der Waals surface area (Å²) in [6, 6.07) is 23.0. The second-order valence-corrected chi connectivity index (χ2v) is 8.70. The molecule has 4 aromatic rings. The third-order valence-corrected chi connectivity index (χ3v) is 6.92. The van der Waals surface area contributed by atoms with Gasteiger partial charge in [0.2, 0.25) is 5.91 Å². The average Bonchev–Trinajstić information content (AvgIpc) is 3.47. The van der Waals surface area contributed by atoms with Crippen molar-refractivity contribution in [1.82, 2.24) is 14.8 Å². The Morgan fingerprint density at radius 2 is 1.72 bits per heavy atom. The van der Waals surface area contributed by atoms with E-state index in [2.05, 4.69) is 4.98 Å². The molecule has 3 heterocycles. The molecule has 1 saturated heterocycles. The lowest BCUT2D eigenvalue weighted by Crippen LogP contribution is -2.52. The lowest BCUT2D eigenvalue weighted by atomic mass is 9.89. The fourth-order valence-corrected chi connectivity index (χ4v) is 5.44. The van der Waals surface area contributed by atoms with Crippen LogP contribution in [0, 0.1) is 0 Å². The van der Waals surface area contributed by atoms with Crippen LogP contribution in [0.1, 0.15) is 27.0 Å². The smallest absolute Gasteiger partial charge is 0.256 e. The highest BCUT2D eigenvalue weighted by Crippen LogP contribution is 2.50. The number of carbonyl (C=O) groups excluding carboxylic acids is 2. The molecule has 2 amide bonds. The van der Waals surface area contributed by atoms with Gasteiger partial charge in [-0.15, -0.1) is 0 Å². The van der Waals surface area contributed by atoms with Gasteiger partial charge in [0.25, 0.3) is 5.91 Å². The summed E-state index contributed by atoms with van der Waals surface area (Å²) >= 11 is 6.17. The number of aromatic amines is 1. The molecule has 2 aliphatic rings. The molecule has 1 fully saturated rings. The number of halogens is 1. The molecule has 1 aromatic heterocycles. The van der Waals surface area contributed by atoms with Crippen LogP contribution in [-0.2, 0) is 16.9 Å². The van der Waals surface area contributed by atoms with Crippen LogP contribution in [0.5, 0.6) is 0 Å². The number of H-pyrrole nitrogens is 1. The van der Waals surface area contributed by atoms with Crippen molar-refractivity contribution < 1.29 is 9.59 Å². The van der Waals surface area contributed by atoms with Gasteiger partial charge >= 0.3 is 0 Å². The van der Waals surface area contributed by atoms with Crippen LogP contribution in [0.15, 0.2) is 79.0 Å². The van der Waals surface area contributed by atoms with Gasteiger partial charge in [-0.25, -0.2) is 0 Å². The zero-order valence-corrected chi connectivity index (χ0v) is 18.0. The number of rotatable bonds is 3. The molecule has 5 nitrogen and oxygen atoms in total. The second-order valence-electron chi connectivity index (χ2n) is 8.26. The number of amides is 2. The SMILES string of the molecule is O=C(Cc1c[nH]c2ccccc12)N1CCN2C(=O)c3ccccc3C12c1ccc(Cl)cc1. The topological polar surface area (TPSA) is 56.4 Å². The molecule has 1 N–H and O–H groups in total. The fraction of sp³-hybridized carbons (Fsp3) is 0.154. The minimum atomic E-state index is -0.957. The first kappa shape index (κ1) is 19.1. The number of hydrogen-bond acceptors (Lipinski definition) is 2. The minimum Gasteiger partial charge on any atom is -0.361 e. The van der Waals surface area contributed by atoms with Crippen LogP contribution in [0.25, 0.3) is 10.9 Å². The van der Waals surface area contributed by atoms with Gasteiger partial charge in [-0.3, -0.25) is 9.59 Å². The molecule has 0 radical (unpaired) electrons. The highest BCUT2D eigenvalue weighted by atomic mass is 35.5. The number of aromatic nitrogens is 1. The maximum absolute atomic E-state index is 13.8. The largest absolute Gasteiger partial charge is 0.361 e. The number of fused-ring (bicyclic) bond motifs is 4. The van der Waals surface area contributed by atoms with Gasteiger partial charge in [-0.05, 0) is 29.8 Å². The van der Waals surface area contributed by atoms with E-state index in [1.807, 2.05) is 88.8 Å². The number of nitrogens with zero attached hydrogens (tertiary/aromatic N) is 2. The monoisotopic (exact) mass is 441 g/mol. The zero-order valence-electron chi connectivity index (χ0n) is 17.2. The van der Waals surface area contributed by atoms with E-state index in [0.717, 1.165) is 27.6 Å². The van der Waals surface area contributed by atoms with Crippen LogP contribution in [-0.4, -0.2) is 39.7 Å². The predicted molar refractivity (Wildman–Crippen MR) is 123 cm³/mol. The molecule has 158 valence electrons. The van der Waals surface area contributed by atoms with E-state index in [4.69, 9.17) is 11.6 Å². The molecule has 32 heavy (non-hydrogen) atoms. The van der Waals surface area contributed by atoms with Gasteiger partial charge in [0.05, 0.1) is 6.42 Å². The Labute approximate surface area is 190 Å². The average molecular weight is 442 g/mol. The van der Waals surface area contributed by atoms with Gasteiger partial charge in [0, 0.05) is 51.9 Å². The van der Waals surface area contributed by atoms with Crippen molar-refractivity contribution in [2.45, 2.75) is 12.1 Å². The Morgan fingerprint density at radius 1 is 0.969 bits per heavy atom. The Balaban J connectivity index is 1.49. The summed E-state index contributed by atoms with van der Waals surface area (Å²) in [6.07, 6.45) is 2.16. The Morgan fingerprint density at radius 3 is 2.56 bits per heavy atom. The van der Waals surface area contributed by atoms with E-state index in [9.17, 15) is 9.59 Å². The molecule has 1 unspecified atom stereocenters. The van der Waals surface area contributed by atoms with Crippen molar-refractivity contribution in [2.24, 2.45) is 0 Å². The van der Waals surface area contributed by atoms with Gasteiger partial charge in [0.1, 0.15) is 0 Å².